The molecule has 0 heterocycles. The Bertz CT molecular complexity index is 959. The average Bonchev–Trinajstić information content (AvgIpc) is 3.00. The minimum Gasteiger partial charge on any atom is -0.399 e. The lowest BCUT2D eigenvalue weighted by Crippen LogP contribution is -2.35. The molecule has 3 aromatic carbocycles. The minimum absolute atomic E-state index is 0.223. The van der Waals surface area contributed by atoms with Crippen molar-refractivity contribution in [2.45, 2.75) is 11.3 Å². The van der Waals surface area contributed by atoms with Crippen LogP contribution in [-0.4, -0.2) is 0 Å². The van der Waals surface area contributed by atoms with Crippen molar-refractivity contribution in [2.75, 3.05) is 5.73 Å². The number of nitrogen functional groups attached to an aromatic ring is 1. The molecule has 26 heavy (non-hydrogen) atoms. The summed E-state index contributed by atoms with van der Waals surface area (Å²) >= 11 is 0. The van der Waals surface area contributed by atoms with Crippen molar-refractivity contribution in [1.29, 1.82) is 0 Å². The van der Waals surface area contributed by atoms with Crippen LogP contribution in [0.4, 0.5) is 5.69 Å². The van der Waals surface area contributed by atoms with Gasteiger partial charge in [-0.3, -0.25) is 0 Å². The molecule has 0 aliphatic heterocycles. The van der Waals surface area contributed by atoms with Crippen molar-refractivity contribution in [3.8, 4) is 0 Å². The number of anilines is 1. The van der Waals surface area contributed by atoms with E-state index in [0.717, 1.165) is 5.69 Å². The Hall–Kier alpha value is -3.06. The molecule has 0 saturated carbocycles. The standard InChI is InChI=1S/C25H21N/c26-20-15-16-22-21-13-7-8-14-23(21)25(24(22)17-20,18-9-3-1-4-10-18)19-11-5-2-6-12-19/h1-17,21,23H,26H2. The Labute approximate surface area is 154 Å². The lowest BCUT2D eigenvalue weighted by Gasteiger charge is -2.38. The molecule has 1 nitrogen and oxygen atoms in total. The van der Waals surface area contributed by atoms with E-state index in [1.165, 1.54) is 22.3 Å². The van der Waals surface area contributed by atoms with E-state index in [0.29, 0.717) is 11.8 Å². The van der Waals surface area contributed by atoms with Gasteiger partial charge in [0.15, 0.2) is 0 Å². The fraction of sp³-hybridized carbons (Fsp3) is 0.120. The van der Waals surface area contributed by atoms with Crippen LogP contribution in [0.5, 0.6) is 0 Å². The summed E-state index contributed by atoms with van der Waals surface area (Å²) in [7, 11) is 0. The largest absolute Gasteiger partial charge is 0.399 e. The first kappa shape index (κ1) is 15.2. The lowest BCUT2D eigenvalue weighted by atomic mass is 9.63. The summed E-state index contributed by atoms with van der Waals surface area (Å²) in [6, 6.07) is 28.2. The highest BCUT2D eigenvalue weighted by Gasteiger charge is 2.52. The van der Waals surface area contributed by atoms with Gasteiger partial charge in [0, 0.05) is 17.5 Å². The summed E-state index contributed by atoms with van der Waals surface area (Å²) in [4.78, 5) is 0. The van der Waals surface area contributed by atoms with Crippen LogP contribution in [0.2, 0.25) is 0 Å². The fourth-order valence-electron chi connectivity index (χ4n) is 4.97. The zero-order chi connectivity index (χ0) is 17.6. The summed E-state index contributed by atoms with van der Waals surface area (Å²) in [6.07, 6.45) is 9.08. The Morgan fingerprint density at radius 1 is 0.692 bits per heavy atom. The van der Waals surface area contributed by atoms with E-state index >= 15 is 0 Å². The summed E-state index contributed by atoms with van der Waals surface area (Å²) in [6.45, 7) is 0. The topological polar surface area (TPSA) is 26.0 Å². The van der Waals surface area contributed by atoms with Gasteiger partial charge in [0.1, 0.15) is 0 Å². The van der Waals surface area contributed by atoms with Crippen molar-refractivity contribution >= 4 is 5.69 Å². The molecule has 0 aromatic heterocycles. The predicted octanol–water partition coefficient (Wildman–Crippen LogP) is 5.44. The van der Waals surface area contributed by atoms with Gasteiger partial charge < -0.3 is 5.73 Å². The first-order valence-corrected chi connectivity index (χ1v) is 9.18. The van der Waals surface area contributed by atoms with E-state index < -0.39 is 0 Å². The lowest BCUT2D eigenvalue weighted by molar-refractivity contribution is 0.457. The van der Waals surface area contributed by atoms with Crippen LogP contribution >= 0.6 is 0 Å². The molecule has 3 aromatic rings. The molecule has 126 valence electrons. The molecular formula is C25H21N. The molecule has 2 aliphatic carbocycles. The first-order valence-electron chi connectivity index (χ1n) is 9.18. The zero-order valence-electron chi connectivity index (χ0n) is 14.5. The first-order chi connectivity index (χ1) is 12.8. The maximum absolute atomic E-state index is 6.26. The molecular weight excluding hydrogens is 314 g/mol. The minimum atomic E-state index is -0.223. The van der Waals surface area contributed by atoms with E-state index in [2.05, 4.69) is 97.1 Å². The van der Waals surface area contributed by atoms with Crippen molar-refractivity contribution in [3.05, 3.63) is 125 Å². The molecule has 0 fully saturated rings. The molecule has 0 bridgehead atoms. The Balaban J connectivity index is 1.91. The van der Waals surface area contributed by atoms with Crippen LogP contribution < -0.4 is 5.73 Å². The Morgan fingerprint density at radius 2 is 1.31 bits per heavy atom. The van der Waals surface area contributed by atoms with E-state index in [1.807, 2.05) is 6.07 Å². The average molecular weight is 335 g/mol. The molecule has 0 radical (unpaired) electrons. The van der Waals surface area contributed by atoms with Crippen LogP contribution in [0.25, 0.3) is 0 Å². The highest BCUT2D eigenvalue weighted by molar-refractivity contribution is 5.65. The van der Waals surface area contributed by atoms with Gasteiger partial charge >= 0.3 is 0 Å². The van der Waals surface area contributed by atoms with Crippen LogP contribution in [0.3, 0.4) is 0 Å². The smallest absolute Gasteiger partial charge is 0.0526 e. The number of allylic oxidation sites excluding steroid dienone is 4. The predicted molar refractivity (Wildman–Crippen MR) is 108 cm³/mol. The quantitative estimate of drug-likeness (QED) is 0.620. The van der Waals surface area contributed by atoms with Crippen LogP contribution in [0.15, 0.2) is 103 Å². The van der Waals surface area contributed by atoms with E-state index in [9.17, 15) is 0 Å². The van der Waals surface area contributed by atoms with E-state index in [-0.39, 0.29) is 5.41 Å². The number of hydrogen-bond donors (Lipinski definition) is 1. The second-order valence-electron chi connectivity index (χ2n) is 7.21. The molecule has 0 saturated heterocycles. The monoisotopic (exact) mass is 335 g/mol. The Morgan fingerprint density at radius 3 is 1.96 bits per heavy atom. The molecule has 2 aliphatic rings. The normalized spacial score (nSPS) is 22.0. The van der Waals surface area contributed by atoms with E-state index in [1.54, 1.807) is 0 Å². The maximum atomic E-state index is 6.26. The third kappa shape index (κ3) is 1.97. The molecule has 2 N–H and O–H groups in total. The third-order valence-electron chi connectivity index (χ3n) is 5.95. The molecule has 2 unspecified atom stereocenters. The second kappa shape index (κ2) is 5.74. The fourth-order valence-corrected chi connectivity index (χ4v) is 4.97. The summed E-state index contributed by atoms with van der Waals surface area (Å²) in [5.41, 5.74) is 12.2. The highest BCUT2D eigenvalue weighted by Crippen LogP contribution is 2.59. The van der Waals surface area contributed by atoms with Crippen LogP contribution in [-0.2, 0) is 5.41 Å². The second-order valence-corrected chi connectivity index (χ2v) is 7.21. The van der Waals surface area contributed by atoms with Gasteiger partial charge in [-0.25, -0.2) is 0 Å². The van der Waals surface area contributed by atoms with Gasteiger partial charge in [0.2, 0.25) is 0 Å². The molecule has 0 amide bonds. The number of rotatable bonds is 2. The van der Waals surface area contributed by atoms with Crippen molar-refractivity contribution in [3.63, 3.8) is 0 Å². The van der Waals surface area contributed by atoms with Gasteiger partial charge in [0.25, 0.3) is 0 Å². The van der Waals surface area contributed by atoms with Gasteiger partial charge in [0.05, 0.1) is 5.41 Å². The SMILES string of the molecule is Nc1ccc2c(c1)C(c1ccccc1)(c1ccccc1)C1C=CC=CC21. The van der Waals surface area contributed by atoms with Gasteiger partial charge in [-0.05, 0) is 34.4 Å². The van der Waals surface area contributed by atoms with Gasteiger partial charge in [-0.1, -0.05) is 91.0 Å². The maximum Gasteiger partial charge on any atom is 0.0526 e. The van der Waals surface area contributed by atoms with Crippen molar-refractivity contribution in [2.24, 2.45) is 5.92 Å². The summed E-state index contributed by atoms with van der Waals surface area (Å²) in [5, 5.41) is 0. The van der Waals surface area contributed by atoms with Crippen molar-refractivity contribution < 1.29 is 0 Å². The molecule has 2 atom stereocenters. The number of benzene rings is 3. The third-order valence-corrected chi connectivity index (χ3v) is 5.95. The van der Waals surface area contributed by atoms with Crippen LogP contribution in [0, 0.1) is 5.92 Å². The van der Waals surface area contributed by atoms with Gasteiger partial charge in [-0.2, -0.15) is 0 Å². The summed E-state index contributed by atoms with van der Waals surface area (Å²) in [5.74, 6) is 0.713. The summed E-state index contributed by atoms with van der Waals surface area (Å²) < 4.78 is 0. The molecule has 5 rings (SSSR count). The Kier molecular flexibility index (Phi) is 3.36. The highest BCUT2D eigenvalue weighted by atomic mass is 14.6. The van der Waals surface area contributed by atoms with Gasteiger partial charge in [-0.15, -0.1) is 0 Å². The van der Waals surface area contributed by atoms with E-state index in [4.69, 9.17) is 5.73 Å². The number of fused-ring (bicyclic) bond motifs is 3. The van der Waals surface area contributed by atoms with Crippen molar-refractivity contribution in [1.82, 2.24) is 0 Å². The number of nitrogens with two attached hydrogens (primary N) is 1. The molecule has 0 spiro atoms. The number of hydrogen-bond acceptors (Lipinski definition) is 1. The van der Waals surface area contributed by atoms with Crippen LogP contribution in [0.1, 0.15) is 28.2 Å². The zero-order valence-corrected chi connectivity index (χ0v) is 14.5. The molecule has 1 heteroatoms.